The van der Waals surface area contributed by atoms with E-state index in [4.69, 9.17) is 4.98 Å². The first-order valence-electron chi connectivity index (χ1n) is 10.1. The van der Waals surface area contributed by atoms with Gasteiger partial charge in [0, 0.05) is 11.5 Å². The number of hydrogen-bond acceptors (Lipinski definition) is 4. The zero-order valence-electron chi connectivity index (χ0n) is 18.6. The largest absolute Gasteiger partial charge is 0.263 e. The quantitative estimate of drug-likeness (QED) is 0.486. The molecule has 4 rings (SSSR count). The van der Waals surface area contributed by atoms with Crippen molar-refractivity contribution in [1.82, 2.24) is 14.8 Å². The summed E-state index contributed by atoms with van der Waals surface area (Å²) in [5, 5.41) is 5.60. The molecule has 4 aromatic rings. The molecule has 0 radical (unpaired) electrons. The number of rotatable bonds is 4. The van der Waals surface area contributed by atoms with Gasteiger partial charge in [0.15, 0.2) is 5.82 Å². The van der Waals surface area contributed by atoms with Gasteiger partial charge in [0.1, 0.15) is 5.82 Å². The average molecular weight is 435 g/mol. The molecule has 6 nitrogen and oxygen atoms in total. The van der Waals surface area contributed by atoms with Crippen molar-refractivity contribution in [2.24, 2.45) is 0 Å². The number of anilines is 1. The van der Waals surface area contributed by atoms with Gasteiger partial charge in [0.05, 0.1) is 16.1 Å². The maximum absolute atomic E-state index is 13.1. The van der Waals surface area contributed by atoms with Gasteiger partial charge in [0.25, 0.3) is 10.0 Å². The molecule has 0 saturated carbocycles. The molecule has 160 valence electrons. The highest BCUT2D eigenvalue weighted by molar-refractivity contribution is 7.92. The van der Waals surface area contributed by atoms with Crippen molar-refractivity contribution >= 4 is 26.7 Å². The molecule has 0 atom stereocenters. The summed E-state index contributed by atoms with van der Waals surface area (Å²) in [6.45, 7) is 11.7. The molecule has 0 aliphatic heterocycles. The van der Waals surface area contributed by atoms with Crippen LogP contribution in [-0.2, 0) is 10.0 Å². The van der Waals surface area contributed by atoms with Gasteiger partial charge in [-0.15, -0.1) is 0 Å². The highest BCUT2D eigenvalue weighted by Crippen LogP contribution is 2.27. The smallest absolute Gasteiger partial charge is 0.263 e. The van der Waals surface area contributed by atoms with E-state index in [9.17, 15) is 8.42 Å². The third kappa shape index (κ3) is 3.93. The Bertz CT molecular complexity index is 1440. The van der Waals surface area contributed by atoms with Crippen molar-refractivity contribution in [1.29, 1.82) is 0 Å². The molecule has 2 aromatic carbocycles. The van der Waals surface area contributed by atoms with E-state index in [2.05, 4.69) is 28.9 Å². The van der Waals surface area contributed by atoms with Gasteiger partial charge in [-0.3, -0.25) is 4.72 Å². The molecule has 0 fully saturated rings. The summed E-state index contributed by atoms with van der Waals surface area (Å²) in [6, 6.07) is 13.1. The molecule has 2 heterocycles. The highest BCUT2D eigenvalue weighted by atomic mass is 32.2. The van der Waals surface area contributed by atoms with Crippen molar-refractivity contribution < 1.29 is 8.42 Å². The van der Waals surface area contributed by atoms with E-state index < -0.39 is 10.0 Å². The standard InChI is InChI=1S/C24H26N4O2S/c1-14-7-8-21(17(4)9-14)31(29,30)27-23-13-19(6)26-28(23)22-12-16(3)20-11-15(2)10-18(5)24(20)25-22/h7-13,27H,1-6H3. The lowest BCUT2D eigenvalue weighted by Crippen LogP contribution is -2.17. The molecule has 7 heteroatoms. The van der Waals surface area contributed by atoms with Crippen LogP contribution in [0.2, 0.25) is 0 Å². The van der Waals surface area contributed by atoms with Crippen LogP contribution in [0.15, 0.2) is 47.4 Å². The van der Waals surface area contributed by atoms with Gasteiger partial charge in [0.2, 0.25) is 0 Å². The normalized spacial score (nSPS) is 11.8. The second-order valence-electron chi connectivity index (χ2n) is 8.23. The average Bonchev–Trinajstić information content (AvgIpc) is 3.01. The van der Waals surface area contributed by atoms with Gasteiger partial charge in [-0.1, -0.05) is 29.3 Å². The summed E-state index contributed by atoms with van der Waals surface area (Å²) < 4.78 is 30.5. The van der Waals surface area contributed by atoms with E-state index in [1.54, 1.807) is 29.8 Å². The molecule has 0 unspecified atom stereocenters. The van der Waals surface area contributed by atoms with Gasteiger partial charge in [-0.2, -0.15) is 9.78 Å². The minimum atomic E-state index is -3.78. The van der Waals surface area contributed by atoms with E-state index in [1.807, 2.05) is 39.8 Å². The van der Waals surface area contributed by atoms with E-state index in [0.29, 0.717) is 22.9 Å². The van der Waals surface area contributed by atoms with E-state index >= 15 is 0 Å². The first-order valence-corrected chi connectivity index (χ1v) is 11.6. The number of aromatic nitrogens is 3. The molecule has 0 aliphatic carbocycles. The van der Waals surface area contributed by atoms with Crippen LogP contribution in [0.4, 0.5) is 5.82 Å². The Labute approximate surface area is 183 Å². The van der Waals surface area contributed by atoms with Crippen LogP contribution in [0.3, 0.4) is 0 Å². The maximum atomic E-state index is 13.1. The molecule has 0 aliphatic rings. The van der Waals surface area contributed by atoms with Gasteiger partial charge >= 0.3 is 0 Å². The van der Waals surface area contributed by atoms with Crippen molar-refractivity contribution in [3.8, 4) is 5.82 Å². The number of pyridine rings is 1. The molecular formula is C24H26N4O2S. The summed E-state index contributed by atoms with van der Waals surface area (Å²) in [5.41, 5.74) is 6.60. The second kappa shape index (κ2) is 7.50. The Kier molecular flexibility index (Phi) is 5.09. The van der Waals surface area contributed by atoms with Crippen LogP contribution in [-0.4, -0.2) is 23.2 Å². The third-order valence-corrected chi connectivity index (χ3v) is 6.86. The van der Waals surface area contributed by atoms with Gasteiger partial charge < -0.3 is 0 Å². The monoisotopic (exact) mass is 434 g/mol. The SMILES string of the molecule is Cc1ccc(S(=O)(=O)Nc2cc(C)nn2-c2cc(C)c3cc(C)cc(C)c3n2)c(C)c1. The van der Waals surface area contributed by atoms with Crippen LogP contribution >= 0.6 is 0 Å². The molecule has 31 heavy (non-hydrogen) atoms. The molecular weight excluding hydrogens is 408 g/mol. The topological polar surface area (TPSA) is 76.9 Å². The number of benzene rings is 2. The lowest BCUT2D eigenvalue weighted by Gasteiger charge is -2.14. The van der Waals surface area contributed by atoms with Gasteiger partial charge in [-0.25, -0.2) is 13.4 Å². The highest BCUT2D eigenvalue weighted by Gasteiger charge is 2.21. The Hall–Kier alpha value is -3.19. The number of sulfonamides is 1. The van der Waals surface area contributed by atoms with Crippen LogP contribution in [0.25, 0.3) is 16.7 Å². The van der Waals surface area contributed by atoms with E-state index in [1.165, 1.54) is 5.56 Å². The summed E-state index contributed by atoms with van der Waals surface area (Å²) in [4.78, 5) is 5.07. The summed E-state index contributed by atoms with van der Waals surface area (Å²) in [6.07, 6.45) is 0. The van der Waals surface area contributed by atoms with Crippen molar-refractivity contribution in [2.75, 3.05) is 4.72 Å². The zero-order chi connectivity index (χ0) is 22.5. The number of nitrogens with zero attached hydrogens (tertiary/aromatic N) is 3. The van der Waals surface area contributed by atoms with Crippen LogP contribution in [0, 0.1) is 41.5 Å². The number of hydrogen-bond donors (Lipinski definition) is 1. The van der Waals surface area contributed by atoms with Crippen molar-refractivity contribution in [2.45, 2.75) is 46.4 Å². The Balaban J connectivity index is 1.83. The maximum Gasteiger partial charge on any atom is 0.263 e. The number of nitrogens with one attached hydrogen (secondary N) is 1. The fourth-order valence-electron chi connectivity index (χ4n) is 3.98. The Morgan fingerprint density at radius 3 is 2.23 bits per heavy atom. The predicted molar refractivity (Wildman–Crippen MR) is 125 cm³/mol. The molecule has 0 bridgehead atoms. The van der Waals surface area contributed by atoms with Crippen LogP contribution in [0.5, 0.6) is 0 Å². The van der Waals surface area contributed by atoms with E-state index in [0.717, 1.165) is 27.6 Å². The molecule has 1 N–H and O–H groups in total. The number of aryl methyl sites for hydroxylation is 6. The summed E-state index contributed by atoms with van der Waals surface area (Å²) >= 11 is 0. The van der Waals surface area contributed by atoms with Crippen LogP contribution in [0.1, 0.15) is 33.5 Å². The van der Waals surface area contributed by atoms with E-state index in [-0.39, 0.29) is 4.90 Å². The van der Waals surface area contributed by atoms with Crippen molar-refractivity contribution in [3.05, 3.63) is 76.0 Å². The summed E-state index contributed by atoms with van der Waals surface area (Å²) in [5.74, 6) is 0.928. The third-order valence-electron chi connectivity index (χ3n) is 5.35. The lowest BCUT2D eigenvalue weighted by atomic mass is 10.0. The predicted octanol–water partition coefficient (Wildman–Crippen LogP) is 5.07. The summed E-state index contributed by atoms with van der Waals surface area (Å²) in [7, 11) is -3.78. The fourth-order valence-corrected chi connectivity index (χ4v) is 5.24. The van der Waals surface area contributed by atoms with Crippen LogP contribution < -0.4 is 4.72 Å². The Morgan fingerprint density at radius 1 is 0.806 bits per heavy atom. The molecule has 2 aromatic heterocycles. The van der Waals surface area contributed by atoms with Crippen molar-refractivity contribution in [3.63, 3.8) is 0 Å². The Morgan fingerprint density at radius 2 is 1.52 bits per heavy atom. The molecule has 0 saturated heterocycles. The second-order valence-corrected chi connectivity index (χ2v) is 9.88. The first kappa shape index (κ1) is 21.1. The fraction of sp³-hybridized carbons (Fsp3) is 0.250. The zero-order valence-corrected chi connectivity index (χ0v) is 19.4. The van der Waals surface area contributed by atoms with Gasteiger partial charge in [-0.05, 0) is 76.4 Å². The molecule has 0 spiro atoms. The molecule has 0 amide bonds. The first-order chi connectivity index (χ1) is 14.5. The number of fused-ring (bicyclic) bond motifs is 1. The lowest BCUT2D eigenvalue weighted by molar-refractivity contribution is 0.600. The minimum Gasteiger partial charge on any atom is -0.263 e. The minimum absolute atomic E-state index is 0.248.